The molecule has 0 heterocycles. The predicted molar refractivity (Wildman–Crippen MR) is 87.0 cm³/mol. The fourth-order valence-electron chi connectivity index (χ4n) is 2.50. The van der Waals surface area contributed by atoms with Crippen LogP contribution in [0.4, 0.5) is 4.39 Å². The predicted octanol–water partition coefficient (Wildman–Crippen LogP) is 4.67. The Morgan fingerprint density at radius 2 is 1.76 bits per heavy atom. The van der Waals surface area contributed by atoms with Gasteiger partial charge in [0.05, 0.1) is 0 Å². The Morgan fingerprint density at radius 3 is 2.43 bits per heavy atom. The van der Waals surface area contributed by atoms with Gasteiger partial charge in [0.2, 0.25) is 0 Å². The van der Waals surface area contributed by atoms with Gasteiger partial charge in [0.15, 0.2) is 0 Å². The van der Waals surface area contributed by atoms with Gasteiger partial charge < -0.3 is 5.32 Å². The number of nitrogens with one attached hydrogen (secondary N) is 1. The fraction of sp³-hybridized carbons (Fsp3) is 0.368. The van der Waals surface area contributed by atoms with Crippen LogP contribution >= 0.6 is 0 Å². The molecule has 0 saturated carbocycles. The molecule has 0 radical (unpaired) electrons. The second kappa shape index (κ2) is 7.94. The third-order valence-corrected chi connectivity index (χ3v) is 3.77. The number of hydrogen-bond donors (Lipinski definition) is 1. The molecule has 1 atom stereocenters. The number of aryl methyl sites for hydroxylation is 1. The van der Waals surface area contributed by atoms with Crippen LogP contribution in [0.2, 0.25) is 0 Å². The van der Waals surface area contributed by atoms with Crippen LogP contribution in [0.5, 0.6) is 0 Å². The van der Waals surface area contributed by atoms with Gasteiger partial charge in [-0.25, -0.2) is 4.39 Å². The quantitative estimate of drug-likeness (QED) is 0.779. The van der Waals surface area contributed by atoms with Crippen LogP contribution in [0, 0.1) is 5.82 Å². The second-order valence-electron chi connectivity index (χ2n) is 5.55. The highest BCUT2D eigenvalue weighted by molar-refractivity contribution is 5.25. The van der Waals surface area contributed by atoms with Crippen LogP contribution < -0.4 is 5.32 Å². The van der Waals surface area contributed by atoms with Crippen LogP contribution in [0.25, 0.3) is 0 Å². The molecule has 0 fully saturated rings. The number of rotatable bonds is 7. The topological polar surface area (TPSA) is 12.0 Å². The summed E-state index contributed by atoms with van der Waals surface area (Å²) in [4.78, 5) is 0. The summed E-state index contributed by atoms with van der Waals surface area (Å²) in [5, 5.41) is 3.50. The molecule has 21 heavy (non-hydrogen) atoms. The lowest BCUT2D eigenvalue weighted by Gasteiger charge is -2.15. The molecule has 0 spiro atoms. The molecule has 2 aromatic carbocycles. The van der Waals surface area contributed by atoms with Crippen molar-refractivity contribution in [2.45, 2.75) is 39.2 Å². The normalized spacial score (nSPS) is 12.3. The zero-order chi connectivity index (χ0) is 15.1. The van der Waals surface area contributed by atoms with E-state index in [2.05, 4.69) is 43.4 Å². The van der Waals surface area contributed by atoms with E-state index in [1.165, 1.54) is 23.6 Å². The summed E-state index contributed by atoms with van der Waals surface area (Å²) >= 11 is 0. The van der Waals surface area contributed by atoms with E-state index in [4.69, 9.17) is 0 Å². The van der Waals surface area contributed by atoms with Crippen molar-refractivity contribution >= 4 is 0 Å². The minimum atomic E-state index is -0.160. The highest BCUT2D eigenvalue weighted by Gasteiger charge is 2.04. The van der Waals surface area contributed by atoms with Gasteiger partial charge in [-0.2, -0.15) is 0 Å². The second-order valence-corrected chi connectivity index (χ2v) is 5.55. The van der Waals surface area contributed by atoms with E-state index >= 15 is 0 Å². The summed E-state index contributed by atoms with van der Waals surface area (Å²) in [7, 11) is 0. The summed E-state index contributed by atoms with van der Waals surface area (Å²) in [5.74, 6) is -0.160. The molecule has 2 aromatic rings. The Hall–Kier alpha value is -1.67. The smallest absolute Gasteiger partial charge is 0.123 e. The third kappa shape index (κ3) is 4.98. The summed E-state index contributed by atoms with van der Waals surface area (Å²) in [6, 6.07) is 16.0. The van der Waals surface area contributed by atoms with Crippen LogP contribution in [0.15, 0.2) is 48.5 Å². The minimum Gasteiger partial charge on any atom is -0.310 e. The van der Waals surface area contributed by atoms with Crippen LogP contribution in [-0.2, 0) is 12.8 Å². The Kier molecular flexibility index (Phi) is 5.94. The standard InChI is InChI=1S/C19H24FN/c1-3-5-16-8-10-18(11-9-16)15(2)21-13-12-17-6-4-7-19(20)14-17/h4,6-11,14-15,21H,3,5,12-13H2,1-2H3. The molecule has 0 aromatic heterocycles. The molecule has 1 nitrogen and oxygen atoms in total. The van der Waals surface area contributed by atoms with Crippen molar-refractivity contribution in [1.82, 2.24) is 5.32 Å². The third-order valence-electron chi connectivity index (χ3n) is 3.77. The Morgan fingerprint density at radius 1 is 1.00 bits per heavy atom. The van der Waals surface area contributed by atoms with Gasteiger partial charge in [0.25, 0.3) is 0 Å². The Balaban J connectivity index is 1.82. The van der Waals surface area contributed by atoms with Gasteiger partial charge in [-0.05, 0) is 55.1 Å². The molecule has 1 N–H and O–H groups in total. The van der Waals surface area contributed by atoms with Crippen molar-refractivity contribution in [2.75, 3.05) is 6.54 Å². The van der Waals surface area contributed by atoms with Gasteiger partial charge in [-0.1, -0.05) is 49.7 Å². The SMILES string of the molecule is CCCc1ccc(C(C)NCCc2cccc(F)c2)cc1. The van der Waals surface area contributed by atoms with E-state index in [0.29, 0.717) is 6.04 Å². The van der Waals surface area contributed by atoms with E-state index in [1.807, 2.05) is 6.07 Å². The maximum absolute atomic E-state index is 13.1. The highest BCUT2D eigenvalue weighted by atomic mass is 19.1. The molecule has 0 amide bonds. The number of halogens is 1. The lowest BCUT2D eigenvalue weighted by atomic mass is 10.0. The van der Waals surface area contributed by atoms with Crippen molar-refractivity contribution in [3.8, 4) is 0 Å². The molecule has 0 bridgehead atoms. The first-order valence-electron chi connectivity index (χ1n) is 7.75. The highest BCUT2D eigenvalue weighted by Crippen LogP contribution is 2.14. The van der Waals surface area contributed by atoms with Gasteiger partial charge >= 0.3 is 0 Å². The zero-order valence-electron chi connectivity index (χ0n) is 12.9. The lowest BCUT2D eigenvalue weighted by Crippen LogP contribution is -2.21. The van der Waals surface area contributed by atoms with E-state index in [9.17, 15) is 4.39 Å². The van der Waals surface area contributed by atoms with Crippen LogP contribution in [0.3, 0.4) is 0 Å². The number of benzene rings is 2. The largest absolute Gasteiger partial charge is 0.310 e. The Labute approximate surface area is 127 Å². The van der Waals surface area contributed by atoms with Crippen molar-refractivity contribution < 1.29 is 4.39 Å². The summed E-state index contributed by atoms with van der Waals surface area (Å²) in [5.41, 5.74) is 3.73. The van der Waals surface area contributed by atoms with E-state index in [1.54, 1.807) is 12.1 Å². The van der Waals surface area contributed by atoms with Crippen molar-refractivity contribution in [2.24, 2.45) is 0 Å². The zero-order valence-corrected chi connectivity index (χ0v) is 12.9. The minimum absolute atomic E-state index is 0.160. The fourth-order valence-corrected chi connectivity index (χ4v) is 2.50. The molecule has 0 saturated heterocycles. The molecule has 0 aliphatic rings. The van der Waals surface area contributed by atoms with Crippen LogP contribution in [0.1, 0.15) is 43.0 Å². The summed E-state index contributed by atoms with van der Waals surface area (Å²) < 4.78 is 13.1. The average molecular weight is 285 g/mol. The van der Waals surface area contributed by atoms with Crippen molar-refractivity contribution in [1.29, 1.82) is 0 Å². The van der Waals surface area contributed by atoms with Gasteiger partial charge in [0, 0.05) is 6.04 Å². The molecule has 0 aliphatic carbocycles. The molecule has 2 heteroatoms. The van der Waals surface area contributed by atoms with Gasteiger partial charge in [0.1, 0.15) is 5.82 Å². The summed E-state index contributed by atoms with van der Waals surface area (Å²) in [6.45, 7) is 5.21. The van der Waals surface area contributed by atoms with Crippen molar-refractivity contribution in [3.05, 3.63) is 71.0 Å². The molecule has 112 valence electrons. The van der Waals surface area contributed by atoms with Crippen LogP contribution in [-0.4, -0.2) is 6.54 Å². The first kappa shape index (κ1) is 15.7. The molecule has 2 rings (SSSR count). The van der Waals surface area contributed by atoms with Gasteiger partial charge in [-0.15, -0.1) is 0 Å². The lowest BCUT2D eigenvalue weighted by molar-refractivity contribution is 0.574. The van der Waals surface area contributed by atoms with Gasteiger partial charge in [-0.3, -0.25) is 0 Å². The first-order chi connectivity index (χ1) is 10.2. The first-order valence-corrected chi connectivity index (χ1v) is 7.75. The molecule has 1 unspecified atom stereocenters. The van der Waals surface area contributed by atoms with E-state index in [-0.39, 0.29) is 5.82 Å². The Bertz CT molecular complexity index is 548. The number of hydrogen-bond acceptors (Lipinski definition) is 1. The maximum Gasteiger partial charge on any atom is 0.123 e. The average Bonchev–Trinajstić information content (AvgIpc) is 2.48. The van der Waals surface area contributed by atoms with E-state index in [0.717, 1.165) is 24.9 Å². The van der Waals surface area contributed by atoms with Crippen molar-refractivity contribution in [3.63, 3.8) is 0 Å². The molecule has 0 aliphatic heterocycles. The van der Waals surface area contributed by atoms with E-state index < -0.39 is 0 Å². The molecular weight excluding hydrogens is 261 g/mol. The maximum atomic E-state index is 13.1. The molecular formula is C19H24FN. The monoisotopic (exact) mass is 285 g/mol. The summed E-state index contributed by atoms with van der Waals surface area (Å²) in [6.07, 6.45) is 3.17.